The van der Waals surface area contributed by atoms with Crippen LogP contribution in [0.3, 0.4) is 0 Å². The summed E-state index contributed by atoms with van der Waals surface area (Å²) in [4.78, 5) is 2.42. The zero-order valence-corrected chi connectivity index (χ0v) is 10.4. The Bertz CT molecular complexity index is 299. The van der Waals surface area contributed by atoms with Gasteiger partial charge in [0.15, 0.2) is 0 Å². The Balaban J connectivity index is 2.43. The Hall–Kier alpha value is -0.860. The molecular weight excluding hydrogens is 198 g/mol. The van der Waals surface area contributed by atoms with Crippen molar-refractivity contribution in [3.8, 4) is 0 Å². The lowest BCUT2D eigenvalue weighted by Crippen LogP contribution is -2.24. The highest BCUT2D eigenvalue weighted by atomic mass is 16.2. The van der Waals surface area contributed by atoms with Gasteiger partial charge in [-0.3, -0.25) is 4.90 Å². The number of aryl methyl sites for hydroxylation is 1. The minimum absolute atomic E-state index is 0.308. The smallest absolute Gasteiger partial charge is 0.0431 e. The summed E-state index contributed by atoms with van der Waals surface area (Å²) in [7, 11) is 0. The van der Waals surface area contributed by atoms with Crippen LogP contribution in [-0.2, 0) is 6.54 Å². The first-order valence-corrected chi connectivity index (χ1v) is 6.15. The Morgan fingerprint density at radius 3 is 2.69 bits per heavy atom. The highest BCUT2D eigenvalue weighted by Gasteiger charge is 2.03. The van der Waals surface area contributed by atoms with Crippen molar-refractivity contribution in [3.05, 3.63) is 35.4 Å². The summed E-state index contributed by atoms with van der Waals surface area (Å²) in [6, 6.07) is 8.67. The van der Waals surface area contributed by atoms with E-state index in [2.05, 4.69) is 43.0 Å². The molecule has 1 rings (SSSR count). The summed E-state index contributed by atoms with van der Waals surface area (Å²) in [5.74, 6) is 0. The Morgan fingerprint density at radius 2 is 2.06 bits per heavy atom. The summed E-state index contributed by atoms with van der Waals surface area (Å²) < 4.78 is 0. The minimum atomic E-state index is 0.308. The molecule has 0 unspecified atom stereocenters. The molecule has 0 radical (unpaired) electrons. The van der Waals surface area contributed by atoms with Crippen LogP contribution >= 0.6 is 0 Å². The van der Waals surface area contributed by atoms with Crippen molar-refractivity contribution in [3.63, 3.8) is 0 Å². The molecule has 1 aromatic carbocycles. The first kappa shape index (κ1) is 13.2. The quantitative estimate of drug-likeness (QED) is 0.715. The third-order valence-corrected chi connectivity index (χ3v) is 2.82. The van der Waals surface area contributed by atoms with Gasteiger partial charge in [-0.05, 0) is 38.4 Å². The molecule has 0 amide bonds. The lowest BCUT2D eigenvalue weighted by Gasteiger charge is -2.20. The molecule has 1 aromatic rings. The molecule has 2 nitrogen and oxygen atoms in total. The molecule has 0 saturated heterocycles. The van der Waals surface area contributed by atoms with Crippen molar-refractivity contribution in [2.24, 2.45) is 0 Å². The van der Waals surface area contributed by atoms with Gasteiger partial charge in [0.25, 0.3) is 0 Å². The maximum atomic E-state index is 8.76. The van der Waals surface area contributed by atoms with Crippen LogP contribution in [0.2, 0.25) is 0 Å². The van der Waals surface area contributed by atoms with Crippen LogP contribution in [0.15, 0.2) is 24.3 Å². The summed E-state index contributed by atoms with van der Waals surface area (Å²) in [6.45, 7) is 7.79. The summed E-state index contributed by atoms with van der Waals surface area (Å²) in [6.07, 6.45) is 1.99. The van der Waals surface area contributed by atoms with Crippen molar-refractivity contribution >= 4 is 0 Å². The molecule has 0 spiro atoms. The topological polar surface area (TPSA) is 23.5 Å². The monoisotopic (exact) mass is 221 g/mol. The lowest BCUT2D eigenvalue weighted by molar-refractivity contribution is 0.243. The molecule has 0 aliphatic heterocycles. The average molecular weight is 221 g/mol. The summed E-state index contributed by atoms with van der Waals surface area (Å²) in [5, 5.41) is 8.76. The minimum Gasteiger partial charge on any atom is -0.396 e. The molecule has 0 fully saturated rings. The molecule has 0 atom stereocenters. The van der Waals surface area contributed by atoms with Gasteiger partial charge >= 0.3 is 0 Å². The number of aliphatic hydroxyl groups excluding tert-OH is 1. The summed E-state index contributed by atoms with van der Waals surface area (Å²) in [5.41, 5.74) is 2.70. The van der Waals surface area contributed by atoms with Gasteiger partial charge in [0.2, 0.25) is 0 Å². The van der Waals surface area contributed by atoms with E-state index in [0.717, 1.165) is 32.5 Å². The third-order valence-electron chi connectivity index (χ3n) is 2.82. The normalized spacial score (nSPS) is 11.0. The number of unbranched alkanes of at least 4 members (excludes halogenated alkanes) is 1. The van der Waals surface area contributed by atoms with E-state index in [0.29, 0.717) is 6.61 Å². The Kier molecular flexibility index (Phi) is 6.12. The maximum Gasteiger partial charge on any atom is 0.0431 e. The van der Waals surface area contributed by atoms with Gasteiger partial charge in [-0.25, -0.2) is 0 Å². The second kappa shape index (κ2) is 7.42. The molecule has 0 aliphatic rings. The zero-order valence-electron chi connectivity index (χ0n) is 10.4. The highest BCUT2D eigenvalue weighted by molar-refractivity contribution is 5.22. The van der Waals surface area contributed by atoms with E-state index in [1.807, 2.05) is 0 Å². The van der Waals surface area contributed by atoms with Crippen LogP contribution < -0.4 is 0 Å². The van der Waals surface area contributed by atoms with Gasteiger partial charge in [-0.15, -0.1) is 0 Å². The van der Waals surface area contributed by atoms with Gasteiger partial charge in [-0.2, -0.15) is 0 Å². The van der Waals surface area contributed by atoms with E-state index in [9.17, 15) is 0 Å². The van der Waals surface area contributed by atoms with Crippen molar-refractivity contribution in [2.45, 2.75) is 33.2 Å². The molecule has 1 N–H and O–H groups in total. The number of hydrogen-bond donors (Lipinski definition) is 1. The number of aliphatic hydroxyl groups is 1. The number of rotatable bonds is 7. The largest absolute Gasteiger partial charge is 0.396 e. The molecule has 2 heteroatoms. The summed E-state index contributed by atoms with van der Waals surface area (Å²) >= 11 is 0. The maximum absolute atomic E-state index is 8.76. The van der Waals surface area contributed by atoms with Crippen LogP contribution in [0.5, 0.6) is 0 Å². The molecular formula is C14H23NO. The molecule has 0 aromatic heterocycles. The molecule has 0 aliphatic carbocycles. The SMILES string of the molecule is CCN(CCCCO)Cc1cccc(C)c1. The van der Waals surface area contributed by atoms with Crippen molar-refractivity contribution in [2.75, 3.05) is 19.7 Å². The fraction of sp³-hybridized carbons (Fsp3) is 0.571. The first-order valence-electron chi connectivity index (χ1n) is 6.15. The van der Waals surface area contributed by atoms with Crippen LogP contribution in [-0.4, -0.2) is 29.7 Å². The van der Waals surface area contributed by atoms with Crippen LogP contribution in [0.25, 0.3) is 0 Å². The van der Waals surface area contributed by atoms with Crippen LogP contribution in [0.1, 0.15) is 30.9 Å². The number of nitrogens with zero attached hydrogens (tertiary/aromatic N) is 1. The van der Waals surface area contributed by atoms with Crippen molar-refractivity contribution < 1.29 is 5.11 Å². The van der Waals surface area contributed by atoms with E-state index in [1.165, 1.54) is 11.1 Å². The van der Waals surface area contributed by atoms with Crippen LogP contribution in [0, 0.1) is 6.92 Å². The van der Waals surface area contributed by atoms with E-state index in [4.69, 9.17) is 5.11 Å². The standard InChI is InChI=1S/C14H23NO/c1-3-15(9-4-5-10-16)12-14-8-6-7-13(2)11-14/h6-8,11,16H,3-5,9-10,12H2,1-2H3. The van der Waals surface area contributed by atoms with Gasteiger partial charge in [0.05, 0.1) is 0 Å². The fourth-order valence-corrected chi connectivity index (χ4v) is 1.86. The second-order valence-corrected chi connectivity index (χ2v) is 4.29. The van der Waals surface area contributed by atoms with Gasteiger partial charge < -0.3 is 5.11 Å². The van der Waals surface area contributed by atoms with Gasteiger partial charge in [0.1, 0.15) is 0 Å². The number of benzene rings is 1. The van der Waals surface area contributed by atoms with Gasteiger partial charge in [-0.1, -0.05) is 36.8 Å². The third kappa shape index (κ3) is 4.77. The predicted molar refractivity (Wildman–Crippen MR) is 68.4 cm³/mol. The average Bonchev–Trinajstić information content (AvgIpc) is 2.28. The molecule has 0 saturated carbocycles. The molecule has 0 bridgehead atoms. The van der Waals surface area contributed by atoms with Crippen LogP contribution in [0.4, 0.5) is 0 Å². The van der Waals surface area contributed by atoms with Crippen molar-refractivity contribution in [1.29, 1.82) is 0 Å². The van der Waals surface area contributed by atoms with E-state index >= 15 is 0 Å². The Morgan fingerprint density at radius 1 is 1.25 bits per heavy atom. The zero-order chi connectivity index (χ0) is 11.8. The van der Waals surface area contributed by atoms with E-state index in [-0.39, 0.29) is 0 Å². The van der Waals surface area contributed by atoms with Gasteiger partial charge in [0, 0.05) is 13.2 Å². The lowest BCUT2D eigenvalue weighted by atomic mass is 10.1. The van der Waals surface area contributed by atoms with E-state index < -0.39 is 0 Å². The first-order chi connectivity index (χ1) is 7.76. The number of hydrogen-bond acceptors (Lipinski definition) is 2. The second-order valence-electron chi connectivity index (χ2n) is 4.29. The highest BCUT2D eigenvalue weighted by Crippen LogP contribution is 2.08. The fourth-order valence-electron chi connectivity index (χ4n) is 1.86. The van der Waals surface area contributed by atoms with E-state index in [1.54, 1.807) is 0 Å². The molecule has 0 heterocycles. The predicted octanol–water partition coefficient (Wildman–Crippen LogP) is 2.59. The molecule has 16 heavy (non-hydrogen) atoms. The Labute approximate surface area is 98.9 Å². The van der Waals surface area contributed by atoms with Crippen molar-refractivity contribution in [1.82, 2.24) is 4.90 Å². The molecule has 90 valence electrons.